The number of aromatic nitrogens is 1. The molecule has 3 unspecified atom stereocenters. The Morgan fingerprint density at radius 2 is 2.15 bits per heavy atom. The van der Waals surface area contributed by atoms with E-state index in [1.807, 2.05) is 12.4 Å². The Kier molecular flexibility index (Phi) is 6.41. The summed E-state index contributed by atoms with van der Waals surface area (Å²) in [6.45, 7) is 16.0. The van der Waals surface area contributed by atoms with Crippen LogP contribution >= 0.6 is 0 Å². The highest BCUT2D eigenvalue weighted by atomic mass is 16.5. The number of rotatable bonds is 7. The van der Waals surface area contributed by atoms with Crippen molar-refractivity contribution in [1.29, 1.82) is 0 Å². The Morgan fingerprint density at radius 3 is 2.82 bits per heavy atom. The second-order valence-corrected chi connectivity index (χ2v) is 10.3. The van der Waals surface area contributed by atoms with Gasteiger partial charge in [0.1, 0.15) is 0 Å². The van der Waals surface area contributed by atoms with Gasteiger partial charge in [-0.3, -0.25) is 4.98 Å². The molecule has 2 aromatic rings. The Bertz CT molecular complexity index is 1140. The van der Waals surface area contributed by atoms with Crippen LogP contribution < -0.4 is 5.32 Å². The molecule has 0 fully saturated rings. The van der Waals surface area contributed by atoms with Crippen LogP contribution in [0.15, 0.2) is 54.1 Å². The van der Waals surface area contributed by atoms with Gasteiger partial charge in [-0.25, -0.2) is 0 Å². The molecule has 1 aliphatic heterocycles. The van der Waals surface area contributed by atoms with Gasteiger partial charge in [-0.1, -0.05) is 46.8 Å². The van der Waals surface area contributed by atoms with Gasteiger partial charge in [-0.05, 0) is 59.1 Å². The number of aliphatic hydroxyl groups excluding tert-OH is 1. The maximum absolute atomic E-state index is 10.1. The zero-order valence-corrected chi connectivity index (χ0v) is 21.0. The van der Waals surface area contributed by atoms with E-state index < -0.39 is 0 Å². The van der Waals surface area contributed by atoms with Crippen LogP contribution in [0.5, 0.6) is 0 Å². The van der Waals surface area contributed by atoms with E-state index in [1.165, 1.54) is 44.3 Å². The zero-order chi connectivity index (χ0) is 23.9. The van der Waals surface area contributed by atoms with Crippen molar-refractivity contribution in [2.75, 3.05) is 13.7 Å². The van der Waals surface area contributed by atoms with Crippen LogP contribution in [-0.4, -0.2) is 29.8 Å². The quantitative estimate of drug-likeness (QED) is 0.460. The Balaban J connectivity index is 2.08. The van der Waals surface area contributed by atoms with Crippen LogP contribution in [0.25, 0.3) is 16.5 Å². The number of fused-ring (bicyclic) bond motifs is 2. The summed E-state index contributed by atoms with van der Waals surface area (Å²) in [5, 5.41) is 16.4. The molecule has 0 saturated carbocycles. The number of hydrogen-bond acceptors (Lipinski definition) is 4. The average Bonchev–Trinajstić information content (AvgIpc) is 2.78. The van der Waals surface area contributed by atoms with Crippen LogP contribution in [-0.2, 0) is 10.2 Å². The number of pyridine rings is 1. The fourth-order valence-corrected chi connectivity index (χ4v) is 5.86. The monoisotopic (exact) mass is 446 g/mol. The van der Waals surface area contributed by atoms with Gasteiger partial charge in [-0.2, -0.15) is 0 Å². The number of allylic oxidation sites excluding steroid dienone is 3. The van der Waals surface area contributed by atoms with Crippen molar-refractivity contribution in [2.45, 2.75) is 71.3 Å². The van der Waals surface area contributed by atoms with E-state index in [0.29, 0.717) is 18.9 Å². The number of hydrogen-bond donors (Lipinski definition) is 2. The van der Waals surface area contributed by atoms with Crippen molar-refractivity contribution in [2.24, 2.45) is 5.92 Å². The van der Waals surface area contributed by atoms with Gasteiger partial charge in [0.25, 0.3) is 0 Å². The molecule has 0 radical (unpaired) electrons. The summed E-state index contributed by atoms with van der Waals surface area (Å²) in [4.78, 5) is 4.51. The lowest BCUT2D eigenvalue weighted by Gasteiger charge is -2.46. The van der Waals surface area contributed by atoms with Crippen LogP contribution in [0.1, 0.15) is 76.5 Å². The van der Waals surface area contributed by atoms with Crippen LogP contribution in [0.2, 0.25) is 0 Å². The molecule has 1 aromatic carbocycles. The second kappa shape index (κ2) is 8.98. The maximum atomic E-state index is 10.1. The molecule has 2 aliphatic rings. The number of aliphatic hydroxyl groups is 1. The molecular formula is C29H38N2O2. The molecule has 2 heterocycles. The average molecular weight is 447 g/mol. The Morgan fingerprint density at radius 1 is 1.39 bits per heavy atom. The Hall–Kier alpha value is -2.59. The minimum atomic E-state index is -0.148. The number of ether oxygens (including phenoxy) is 1. The van der Waals surface area contributed by atoms with Crippen molar-refractivity contribution in [1.82, 2.24) is 10.3 Å². The van der Waals surface area contributed by atoms with Gasteiger partial charge in [0, 0.05) is 66.6 Å². The molecule has 4 heteroatoms. The molecule has 4 rings (SSSR count). The van der Waals surface area contributed by atoms with Gasteiger partial charge in [0.15, 0.2) is 0 Å². The van der Waals surface area contributed by atoms with Gasteiger partial charge in [0.05, 0.1) is 5.76 Å². The molecule has 0 saturated heterocycles. The molecule has 0 spiro atoms. The molecule has 4 nitrogen and oxygen atoms in total. The summed E-state index contributed by atoms with van der Waals surface area (Å²) in [6.07, 6.45) is 8.87. The molecule has 3 atom stereocenters. The number of nitrogens with zero attached hydrogens (tertiary/aromatic N) is 1. The number of benzene rings is 1. The van der Waals surface area contributed by atoms with Crippen molar-refractivity contribution < 1.29 is 9.84 Å². The highest BCUT2D eigenvalue weighted by molar-refractivity contribution is 5.96. The lowest BCUT2D eigenvalue weighted by atomic mass is 9.63. The smallest absolute Gasteiger partial charge is 0.0871 e. The third-order valence-corrected chi connectivity index (χ3v) is 7.70. The first kappa shape index (κ1) is 23.6. The molecule has 0 amide bonds. The van der Waals surface area contributed by atoms with Crippen LogP contribution in [0.4, 0.5) is 0 Å². The second-order valence-electron chi connectivity index (χ2n) is 10.3. The van der Waals surface area contributed by atoms with Crippen LogP contribution in [0.3, 0.4) is 0 Å². The first-order valence-electron chi connectivity index (χ1n) is 12.2. The zero-order valence-electron chi connectivity index (χ0n) is 21.0. The van der Waals surface area contributed by atoms with Crippen molar-refractivity contribution in [3.63, 3.8) is 0 Å². The van der Waals surface area contributed by atoms with Gasteiger partial charge in [0.2, 0.25) is 0 Å². The molecule has 2 N–H and O–H groups in total. The normalized spacial score (nSPS) is 23.4. The predicted octanol–water partition coefficient (Wildman–Crippen LogP) is 6.78. The minimum absolute atomic E-state index is 0.0632. The van der Waals surface area contributed by atoms with E-state index in [4.69, 9.17) is 4.74 Å². The highest BCUT2D eigenvalue weighted by Crippen LogP contribution is 2.53. The first-order chi connectivity index (χ1) is 15.7. The summed E-state index contributed by atoms with van der Waals surface area (Å²) >= 11 is 0. The molecule has 1 aromatic heterocycles. The van der Waals surface area contributed by atoms with E-state index in [2.05, 4.69) is 69.7 Å². The number of nitrogens with one attached hydrogen (secondary N) is 1. The van der Waals surface area contributed by atoms with Gasteiger partial charge >= 0.3 is 0 Å². The topological polar surface area (TPSA) is 54.4 Å². The predicted molar refractivity (Wildman–Crippen MR) is 137 cm³/mol. The SMILES string of the molecule is C=C(O)CC1NC2=C(C)/C(=C\C(C)CC)C(C)(C)c3c2c(cc2ccncc32)C1CCOC. The largest absolute Gasteiger partial charge is 0.513 e. The summed E-state index contributed by atoms with van der Waals surface area (Å²) in [5.41, 5.74) is 7.75. The molecule has 33 heavy (non-hydrogen) atoms. The standard InChI is InChI=1S/C29H38N2O2/c1-8-17(2)13-24-19(4)28-26-22(21(10-12-33-7)25(31-28)14-18(3)32)15-20-9-11-30-16-23(20)27(26)29(24,5)6/h9,11,13,15-17,21,25,31-32H,3,8,10,12,14H2,1-2,4-7H3/b24-13+. The molecule has 0 bridgehead atoms. The van der Waals surface area contributed by atoms with Crippen molar-refractivity contribution in [3.05, 3.63) is 70.8 Å². The van der Waals surface area contributed by atoms with E-state index in [9.17, 15) is 5.11 Å². The first-order valence-corrected chi connectivity index (χ1v) is 12.2. The van der Waals surface area contributed by atoms with E-state index in [1.54, 1.807) is 7.11 Å². The third kappa shape index (κ3) is 3.99. The van der Waals surface area contributed by atoms with E-state index >= 15 is 0 Å². The Labute approximate surface area is 198 Å². The fourth-order valence-electron chi connectivity index (χ4n) is 5.86. The summed E-state index contributed by atoms with van der Waals surface area (Å²) < 4.78 is 5.49. The van der Waals surface area contributed by atoms with Gasteiger partial charge in [-0.15, -0.1) is 0 Å². The fraction of sp³-hybridized carbons (Fsp3) is 0.483. The molecular weight excluding hydrogens is 408 g/mol. The van der Waals surface area contributed by atoms with E-state index in [0.717, 1.165) is 12.8 Å². The molecule has 176 valence electrons. The lowest BCUT2D eigenvalue weighted by Crippen LogP contribution is -2.43. The highest BCUT2D eigenvalue weighted by Gasteiger charge is 2.43. The summed E-state index contributed by atoms with van der Waals surface area (Å²) in [5.74, 6) is 0.927. The number of methoxy groups -OCH3 is 1. The van der Waals surface area contributed by atoms with Gasteiger partial charge < -0.3 is 15.2 Å². The molecule has 1 aliphatic carbocycles. The third-order valence-electron chi connectivity index (χ3n) is 7.70. The summed E-state index contributed by atoms with van der Waals surface area (Å²) in [6, 6.07) is 4.53. The summed E-state index contributed by atoms with van der Waals surface area (Å²) in [7, 11) is 1.75. The minimum Gasteiger partial charge on any atom is -0.513 e. The maximum Gasteiger partial charge on any atom is 0.0871 e. The van der Waals surface area contributed by atoms with Crippen LogP contribution in [0, 0.1) is 5.92 Å². The van der Waals surface area contributed by atoms with Crippen molar-refractivity contribution >= 4 is 16.5 Å². The van der Waals surface area contributed by atoms with Crippen molar-refractivity contribution in [3.8, 4) is 0 Å². The lowest BCUT2D eigenvalue weighted by molar-refractivity contribution is 0.180. The van der Waals surface area contributed by atoms with E-state index in [-0.39, 0.29) is 23.1 Å².